The van der Waals surface area contributed by atoms with E-state index in [0.717, 1.165) is 5.56 Å². The molecular formula is C22H14FNO2S. The minimum Gasteiger partial charge on any atom is -0.423 e. The van der Waals surface area contributed by atoms with Gasteiger partial charge in [-0.3, -0.25) is 0 Å². The summed E-state index contributed by atoms with van der Waals surface area (Å²) in [6.07, 6.45) is 0. The van der Waals surface area contributed by atoms with Crippen LogP contribution in [0, 0.1) is 10.5 Å². The largest absolute Gasteiger partial charge is 0.423 e. The van der Waals surface area contributed by atoms with Crippen molar-refractivity contribution in [3.63, 3.8) is 0 Å². The second-order valence-corrected chi connectivity index (χ2v) is 6.37. The van der Waals surface area contributed by atoms with E-state index in [0.29, 0.717) is 26.9 Å². The molecule has 3 aromatic carbocycles. The van der Waals surface area contributed by atoms with Gasteiger partial charge >= 0.3 is 5.97 Å². The quantitative estimate of drug-likeness (QED) is 0.274. The molecular weight excluding hydrogens is 361 g/mol. The fraction of sp³-hybridized carbons (Fsp3) is 0. The SMILES string of the molecule is O=C(Oc1ccccc1)c1c(-c2ccccc2)c(=S)[nH]c2ccc(F)cc12. The number of benzene rings is 3. The number of nitrogens with one attached hydrogen (secondary N) is 1. The second-order valence-electron chi connectivity index (χ2n) is 5.96. The lowest BCUT2D eigenvalue weighted by Crippen LogP contribution is -2.12. The van der Waals surface area contributed by atoms with Crippen LogP contribution in [0.3, 0.4) is 0 Å². The number of para-hydroxylation sites is 1. The van der Waals surface area contributed by atoms with E-state index < -0.39 is 11.8 Å². The van der Waals surface area contributed by atoms with Gasteiger partial charge in [-0.05, 0) is 35.9 Å². The van der Waals surface area contributed by atoms with E-state index in [1.807, 2.05) is 36.4 Å². The summed E-state index contributed by atoms with van der Waals surface area (Å²) in [5, 5.41) is 0.420. The highest BCUT2D eigenvalue weighted by Crippen LogP contribution is 2.31. The van der Waals surface area contributed by atoms with Crippen molar-refractivity contribution in [2.45, 2.75) is 0 Å². The lowest BCUT2D eigenvalue weighted by molar-refractivity contribution is 0.0737. The van der Waals surface area contributed by atoms with E-state index in [4.69, 9.17) is 17.0 Å². The highest BCUT2D eigenvalue weighted by Gasteiger charge is 2.21. The van der Waals surface area contributed by atoms with Crippen LogP contribution in [0.2, 0.25) is 0 Å². The molecule has 27 heavy (non-hydrogen) atoms. The predicted molar refractivity (Wildman–Crippen MR) is 106 cm³/mol. The van der Waals surface area contributed by atoms with Gasteiger partial charge in [-0.25, -0.2) is 9.18 Å². The molecule has 1 N–H and O–H groups in total. The molecule has 0 amide bonds. The first-order valence-electron chi connectivity index (χ1n) is 8.31. The van der Waals surface area contributed by atoms with Gasteiger partial charge in [0, 0.05) is 16.5 Å². The zero-order chi connectivity index (χ0) is 18.8. The van der Waals surface area contributed by atoms with Crippen molar-refractivity contribution in [3.05, 3.63) is 94.9 Å². The zero-order valence-corrected chi connectivity index (χ0v) is 14.9. The zero-order valence-electron chi connectivity index (χ0n) is 14.1. The van der Waals surface area contributed by atoms with Gasteiger partial charge in [0.2, 0.25) is 0 Å². The van der Waals surface area contributed by atoms with Gasteiger partial charge < -0.3 is 9.72 Å². The second kappa shape index (κ2) is 7.13. The predicted octanol–water partition coefficient (Wildman–Crippen LogP) is 5.92. The van der Waals surface area contributed by atoms with Crippen LogP contribution < -0.4 is 4.74 Å². The van der Waals surface area contributed by atoms with Crippen molar-refractivity contribution in [2.24, 2.45) is 0 Å². The third-order valence-corrected chi connectivity index (χ3v) is 4.50. The van der Waals surface area contributed by atoms with Gasteiger partial charge in [0.15, 0.2) is 0 Å². The van der Waals surface area contributed by atoms with Crippen molar-refractivity contribution in [1.82, 2.24) is 4.98 Å². The number of carbonyl (C=O) groups excluding carboxylic acids is 1. The molecule has 4 aromatic rings. The highest BCUT2D eigenvalue weighted by molar-refractivity contribution is 7.71. The number of aromatic amines is 1. The highest BCUT2D eigenvalue weighted by atomic mass is 32.1. The van der Waals surface area contributed by atoms with Crippen molar-refractivity contribution >= 4 is 29.1 Å². The van der Waals surface area contributed by atoms with Gasteiger partial charge in [0.1, 0.15) is 16.2 Å². The fourth-order valence-corrected chi connectivity index (χ4v) is 3.33. The minimum atomic E-state index is -0.587. The summed E-state index contributed by atoms with van der Waals surface area (Å²) in [6.45, 7) is 0. The first-order valence-corrected chi connectivity index (χ1v) is 8.72. The lowest BCUT2D eigenvalue weighted by Gasteiger charge is -2.13. The molecule has 0 saturated heterocycles. The molecule has 0 bridgehead atoms. The number of pyridine rings is 1. The molecule has 0 atom stereocenters. The number of fused-ring (bicyclic) bond motifs is 1. The number of H-pyrrole nitrogens is 1. The Kier molecular flexibility index (Phi) is 4.52. The Morgan fingerprint density at radius 3 is 2.30 bits per heavy atom. The van der Waals surface area contributed by atoms with Crippen LogP contribution in [-0.4, -0.2) is 11.0 Å². The summed E-state index contributed by atoms with van der Waals surface area (Å²) < 4.78 is 19.9. The van der Waals surface area contributed by atoms with Crippen molar-refractivity contribution in [2.75, 3.05) is 0 Å². The first kappa shape index (κ1) is 17.1. The average Bonchev–Trinajstić information content (AvgIpc) is 2.68. The molecule has 0 saturated carbocycles. The smallest absolute Gasteiger partial charge is 0.344 e. The van der Waals surface area contributed by atoms with E-state index in [1.165, 1.54) is 12.1 Å². The van der Waals surface area contributed by atoms with Crippen molar-refractivity contribution in [1.29, 1.82) is 0 Å². The Labute approximate surface area is 160 Å². The van der Waals surface area contributed by atoms with E-state index >= 15 is 0 Å². The summed E-state index contributed by atoms with van der Waals surface area (Å²) in [4.78, 5) is 16.2. The Balaban J connectivity index is 1.99. The molecule has 5 heteroatoms. The summed E-state index contributed by atoms with van der Waals surface area (Å²) >= 11 is 5.51. The summed E-state index contributed by atoms with van der Waals surface area (Å²) in [5.74, 6) is -0.624. The van der Waals surface area contributed by atoms with E-state index in [2.05, 4.69) is 4.98 Å². The average molecular weight is 375 g/mol. The Hall–Kier alpha value is -3.31. The van der Waals surface area contributed by atoms with E-state index in [1.54, 1.807) is 30.3 Å². The molecule has 0 aliphatic rings. The molecule has 0 aliphatic carbocycles. The fourth-order valence-electron chi connectivity index (χ4n) is 3.00. The Bertz CT molecular complexity index is 1190. The van der Waals surface area contributed by atoms with E-state index in [9.17, 15) is 9.18 Å². The van der Waals surface area contributed by atoms with Crippen LogP contribution in [0.5, 0.6) is 5.75 Å². The maximum atomic E-state index is 13.9. The number of ether oxygens (including phenoxy) is 1. The van der Waals surface area contributed by atoms with Crippen LogP contribution >= 0.6 is 12.2 Å². The standard InChI is InChI=1S/C22H14FNO2S/c23-15-11-12-18-17(13-15)20(22(25)26-16-9-5-2-6-10-16)19(21(27)24-18)14-7-3-1-4-8-14/h1-13H,(H,24,27). The van der Waals surface area contributed by atoms with Gasteiger partial charge in [-0.15, -0.1) is 0 Å². The molecule has 3 nitrogen and oxygen atoms in total. The maximum Gasteiger partial charge on any atom is 0.344 e. The summed E-state index contributed by atoms with van der Waals surface area (Å²) in [7, 11) is 0. The van der Waals surface area contributed by atoms with Crippen LogP contribution in [0.4, 0.5) is 4.39 Å². The van der Waals surface area contributed by atoms with Gasteiger partial charge in [0.05, 0.1) is 5.56 Å². The van der Waals surface area contributed by atoms with Gasteiger partial charge in [0.25, 0.3) is 0 Å². The number of carbonyl (C=O) groups is 1. The first-order chi connectivity index (χ1) is 13.1. The third-order valence-electron chi connectivity index (χ3n) is 4.20. The molecule has 4 rings (SSSR count). The molecule has 0 aliphatic heterocycles. The molecule has 1 aromatic heterocycles. The molecule has 0 unspecified atom stereocenters. The summed E-state index contributed by atoms with van der Waals surface area (Å²) in [6, 6.07) is 22.2. The van der Waals surface area contributed by atoms with Gasteiger partial charge in [-0.2, -0.15) is 0 Å². The van der Waals surface area contributed by atoms with Crippen LogP contribution in [0.25, 0.3) is 22.0 Å². The number of hydrogen-bond donors (Lipinski definition) is 1. The molecule has 0 fully saturated rings. The normalized spacial score (nSPS) is 10.7. The monoisotopic (exact) mass is 375 g/mol. The number of hydrogen-bond acceptors (Lipinski definition) is 3. The van der Waals surface area contributed by atoms with Crippen molar-refractivity contribution < 1.29 is 13.9 Å². The summed E-state index contributed by atoms with van der Waals surface area (Å²) in [5.41, 5.74) is 2.08. The topological polar surface area (TPSA) is 42.1 Å². The minimum absolute atomic E-state index is 0.239. The third kappa shape index (κ3) is 3.37. The molecule has 0 spiro atoms. The maximum absolute atomic E-state index is 13.9. The lowest BCUT2D eigenvalue weighted by atomic mass is 9.97. The molecule has 1 heterocycles. The van der Waals surface area contributed by atoms with Crippen LogP contribution in [-0.2, 0) is 0 Å². The van der Waals surface area contributed by atoms with Crippen LogP contribution in [0.15, 0.2) is 78.9 Å². The van der Waals surface area contributed by atoms with Gasteiger partial charge in [-0.1, -0.05) is 60.7 Å². The number of aromatic nitrogens is 1. The molecule has 0 radical (unpaired) electrons. The van der Waals surface area contributed by atoms with E-state index in [-0.39, 0.29) is 5.56 Å². The Morgan fingerprint density at radius 2 is 1.59 bits per heavy atom. The molecule has 132 valence electrons. The Morgan fingerprint density at radius 1 is 0.926 bits per heavy atom. The van der Waals surface area contributed by atoms with Crippen molar-refractivity contribution in [3.8, 4) is 16.9 Å². The number of rotatable bonds is 3. The number of halogens is 1. The number of esters is 1. The van der Waals surface area contributed by atoms with Crippen LogP contribution in [0.1, 0.15) is 10.4 Å².